The van der Waals surface area contributed by atoms with E-state index in [1.807, 2.05) is 0 Å². The van der Waals surface area contributed by atoms with Crippen LogP contribution in [0.5, 0.6) is 0 Å². The number of carbonyl (C=O) groups is 2. The SMILES string of the molecule is O=C([O-])C(=O)[O-].[F-].[F-].[Li+].[Li+].[Li+].[Li+]. The van der Waals surface area contributed by atoms with Crippen molar-refractivity contribution < 1.29 is 105 Å². The van der Waals surface area contributed by atoms with Gasteiger partial charge in [-0.05, 0) is 0 Å². The molecule has 0 aromatic rings. The summed E-state index contributed by atoms with van der Waals surface area (Å²) in [6.07, 6.45) is 0. The molecule has 0 bridgehead atoms. The van der Waals surface area contributed by atoms with Gasteiger partial charge in [-0.2, -0.15) is 0 Å². The molecule has 4 nitrogen and oxygen atoms in total. The molecular formula is C2F2Li4O4. The van der Waals surface area contributed by atoms with Crippen molar-refractivity contribution in [1.82, 2.24) is 0 Å². The molecule has 0 fully saturated rings. The summed E-state index contributed by atoms with van der Waals surface area (Å²) < 4.78 is 0. The van der Waals surface area contributed by atoms with Crippen molar-refractivity contribution in [2.75, 3.05) is 0 Å². The van der Waals surface area contributed by atoms with Gasteiger partial charge in [0.15, 0.2) is 0 Å². The van der Waals surface area contributed by atoms with Crippen LogP contribution < -0.4 is 95.1 Å². The van der Waals surface area contributed by atoms with E-state index in [9.17, 15) is 0 Å². The standard InChI is InChI=1S/C2H2O4.2FH.4Li/c3-1(4)2(5)6;;;;;;/h(H,3,4)(H,5,6);2*1H;;;;/q;;;4*+1/p-4. The van der Waals surface area contributed by atoms with Gasteiger partial charge >= 0.3 is 75.4 Å². The molecule has 0 saturated heterocycles. The van der Waals surface area contributed by atoms with Crippen LogP contribution in [0.15, 0.2) is 0 Å². The van der Waals surface area contributed by atoms with E-state index in [1.54, 1.807) is 0 Å². The summed E-state index contributed by atoms with van der Waals surface area (Å²) >= 11 is 0. The quantitative estimate of drug-likeness (QED) is 0.256. The molecule has 0 heterocycles. The number of rotatable bonds is 0. The van der Waals surface area contributed by atoms with Crippen LogP contribution in [-0.4, -0.2) is 11.9 Å². The topological polar surface area (TPSA) is 80.3 Å². The molecule has 0 aliphatic rings. The number of carboxylic acids is 2. The van der Waals surface area contributed by atoms with Crippen molar-refractivity contribution in [3.8, 4) is 0 Å². The molecule has 0 aromatic carbocycles. The van der Waals surface area contributed by atoms with E-state index in [1.165, 1.54) is 0 Å². The van der Waals surface area contributed by atoms with E-state index in [-0.39, 0.29) is 84.9 Å². The first-order valence-corrected chi connectivity index (χ1v) is 1.07. The minimum Gasteiger partial charge on any atom is -1.00 e. The van der Waals surface area contributed by atoms with Gasteiger partial charge in [-0.1, -0.05) is 0 Å². The zero-order valence-electron chi connectivity index (χ0n) is 7.39. The minimum atomic E-state index is -2.19. The fraction of sp³-hybridized carbons (Fsp3) is 0. The zero-order chi connectivity index (χ0) is 5.15. The summed E-state index contributed by atoms with van der Waals surface area (Å²) in [4.78, 5) is 17.9. The summed E-state index contributed by atoms with van der Waals surface area (Å²) in [5.74, 6) is -4.37. The van der Waals surface area contributed by atoms with E-state index in [0.717, 1.165) is 0 Å². The van der Waals surface area contributed by atoms with Crippen LogP contribution in [0, 0.1) is 0 Å². The Hall–Kier alpha value is 1.19. The van der Waals surface area contributed by atoms with Crippen LogP contribution in [-0.2, 0) is 9.59 Å². The Morgan fingerprint density at radius 1 is 0.667 bits per heavy atom. The van der Waals surface area contributed by atoms with Crippen LogP contribution >= 0.6 is 0 Å². The van der Waals surface area contributed by atoms with Crippen LogP contribution in [0.1, 0.15) is 0 Å². The summed E-state index contributed by atoms with van der Waals surface area (Å²) in [6.45, 7) is 0. The third kappa shape index (κ3) is 43.1. The van der Waals surface area contributed by atoms with Crippen molar-refractivity contribution in [3.05, 3.63) is 0 Å². The molecule has 50 valence electrons. The van der Waals surface area contributed by atoms with E-state index < -0.39 is 11.9 Å². The first-order chi connectivity index (χ1) is 2.64. The molecule has 0 rings (SSSR count). The smallest absolute Gasteiger partial charge is 1.00 e. The molecule has 0 aliphatic carbocycles. The maximum Gasteiger partial charge on any atom is 1.00 e. The maximum atomic E-state index is 8.93. The van der Waals surface area contributed by atoms with Gasteiger partial charge < -0.3 is 29.2 Å². The fourth-order valence-corrected chi connectivity index (χ4v) is 0. The predicted octanol–water partition coefficient (Wildman–Crippen LogP) is -21.5. The van der Waals surface area contributed by atoms with Gasteiger partial charge in [0.05, 0.1) is 11.9 Å². The molecule has 0 unspecified atom stereocenters. The van der Waals surface area contributed by atoms with Crippen LogP contribution in [0.25, 0.3) is 0 Å². The first kappa shape index (κ1) is 51.2. The second-order valence-corrected chi connectivity index (χ2v) is 0.575. The Morgan fingerprint density at radius 3 is 0.750 bits per heavy atom. The van der Waals surface area contributed by atoms with Gasteiger partial charge in [0, 0.05) is 0 Å². The first-order valence-electron chi connectivity index (χ1n) is 1.07. The zero-order valence-corrected chi connectivity index (χ0v) is 7.39. The average molecular weight is 154 g/mol. The summed E-state index contributed by atoms with van der Waals surface area (Å²) in [6, 6.07) is 0. The van der Waals surface area contributed by atoms with Crippen molar-refractivity contribution in [1.29, 1.82) is 0 Å². The molecule has 0 saturated carbocycles. The fourth-order valence-electron chi connectivity index (χ4n) is 0. The van der Waals surface area contributed by atoms with Gasteiger partial charge in [-0.25, -0.2) is 0 Å². The van der Waals surface area contributed by atoms with Gasteiger partial charge in [0.1, 0.15) is 0 Å². The summed E-state index contributed by atoms with van der Waals surface area (Å²) in [5.41, 5.74) is 0. The van der Waals surface area contributed by atoms with Crippen molar-refractivity contribution in [2.45, 2.75) is 0 Å². The summed E-state index contributed by atoms with van der Waals surface area (Å²) in [5, 5.41) is 17.9. The third-order valence-corrected chi connectivity index (χ3v) is 0.167. The van der Waals surface area contributed by atoms with E-state index in [2.05, 4.69) is 0 Å². The molecule has 12 heavy (non-hydrogen) atoms. The normalized spacial score (nSPS) is 3.67. The van der Waals surface area contributed by atoms with Crippen molar-refractivity contribution in [2.24, 2.45) is 0 Å². The summed E-state index contributed by atoms with van der Waals surface area (Å²) in [7, 11) is 0. The molecule has 0 aliphatic heterocycles. The van der Waals surface area contributed by atoms with Gasteiger partial charge in [0.25, 0.3) is 0 Å². The number of hydrogen-bond acceptors (Lipinski definition) is 4. The molecule has 0 atom stereocenters. The number of hydrogen-bond donors (Lipinski definition) is 0. The second-order valence-electron chi connectivity index (χ2n) is 0.575. The molecule has 0 amide bonds. The molecule has 10 heteroatoms. The van der Waals surface area contributed by atoms with Crippen molar-refractivity contribution in [3.63, 3.8) is 0 Å². The largest absolute Gasteiger partial charge is 1.00 e. The number of carbonyl (C=O) groups excluding carboxylic acids is 2. The second kappa shape index (κ2) is 29.5. The molecular weight excluding hydrogens is 154 g/mol. The number of aliphatic carboxylic acids is 2. The average Bonchev–Trinajstić information content (AvgIpc) is 1.36. The van der Waals surface area contributed by atoms with Gasteiger partial charge in [0.2, 0.25) is 0 Å². The minimum absolute atomic E-state index is 0. The Kier molecular flexibility index (Phi) is 126. The number of halogens is 2. The molecule has 0 spiro atoms. The third-order valence-electron chi connectivity index (χ3n) is 0.167. The molecule has 0 radical (unpaired) electrons. The predicted molar refractivity (Wildman–Crippen MR) is 10.0 cm³/mol. The molecule has 0 aromatic heterocycles. The Balaban J connectivity index is -0.00000000833. The number of carboxylic acid groups (broad SMARTS) is 2. The Labute approximate surface area is 116 Å². The van der Waals surface area contributed by atoms with Crippen LogP contribution in [0.4, 0.5) is 0 Å². The van der Waals surface area contributed by atoms with Gasteiger partial charge in [-0.3, -0.25) is 0 Å². The Bertz CT molecular complexity index is 89.1. The molecule has 0 N–H and O–H groups in total. The van der Waals surface area contributed by atoms with Crippen LogP contribution in [0.3, 0.4) is 0 Å². The monoisotopic (exact) mass is 154 g/mol. The van der Waals surface area contributed by atoms with E-state index in [4.69, 9.17) is 19.8 Å². The Morgan fingerprint density at radius 2 is 0.750 bits per heavy atom. The van der Waals surface area contributed by atoms with E-state index in [0.29, 0.717) is 0 Å². The maximum absolute atomic E-state index is 8.93. The van der Waals surface area contributed by atoms with Crippen molar-refractivity contribution >= 4 is 11.9 Å². The van der Waals surface area contributed by atoms with Crippen LogP contribution in [0.2, 0.25) is 0 Å². The van der Waals surface area contributed by atoms with E-state index >= 15 is 0 Å². The van der Waals surface area contributed by atoms with Gasteiger partial charge in [-0.15, -0.1) is 0 Å².